The number of aryl methyl sites for hydroxylation is 1. The first-order chi connectivity index (χ1) is 8.08. The van der Waals surface area contributed by atoms with Crippen LogP contribution >= 0.6 is 38.5 Å². The summed E-state index contributed by atoms with van der Waals surface area (Å²) in [4.78, 5) is 16.3. The Morgan fingerprint density at radius 1 is 1.53 bits per heavy atom. The second-order valence-corrected chi connectivity index (χ2v) is 5.78. The minimum Gasteiger partial charge on any atom is -0.338 e. The quantitative estimate of drug-likeness (QED) is 0.581. The number of Topliss-reactive ketones (excluding diaryl/α,β-unsaturated/α-hetero) is 1. The number of rotatable bonds is 3. The third kappa shape index (κ3) is 2.95. The number of halogens is 2. The van der Waals surface area contributed by atoms with Crippen molar-refractivity contribution in [3.8, 4) is 0 Å². The number of benzene rings is 1. The van der Waals surface area contributed by atoms with Crippen molar-refractivity contribution in [2.45, 2.75) is 6.42 Å². The Balaban J connectivity index is 2.26. The lowest BCUT2D eigenvalue weighted by molar-refractivity contribution is 0.0989. The molecule has 0 saturated heterocycles. The fourth-order valence-electron chi connectivity index (χ4n) is 1.52. The van der Waals surface area contributed by atoms with Crippen LogP contribution in [0, 0.1) is 3.57 Å². The van der Waals surface area contributed by atoms with Crippen LogP contribution in [0.15, 0.2) is 35.1 Å². The van der Waals surface area contributed by atoms with Crippen LogP contribution in [-0.4, -0.2) is 15.3 Å². The van der Waals surface area contributed by atoms with E-state index in [4.69, 9.17) is 0 Å². The molecule has 0 N–H and O–H groups in total. The van der Waals surface area contributed by atoms with E-state index in [-0.39, 0.29) is 5.78 Å². The van der Waals surface area contributed by atoms with Gasteiger partial charge in [-0.1, -0.05) is 15.9 Å². The highest BCUT2D eigenvalue weighted by atomic mass is 127. The third-order valence-corrected chi connectivity index (χ3v) is 3.83. The smallest absolute Gasteiger partial charge is 0.171 e. The summed E-state index contributed by atoms with van der Waals surface area (Å²) in [5.74, 6) is 0.852. The first-order valence-corrected chi connectivity index (χ1v) is 6.89. The number of nitrogens with zero attached hydrogens (tertiary/aromatic N) is 2. The van der Waals surface area contributed by atoms with Gasteiger partial charge in [-0.2, -0.15) is 0 Å². The molecule has 0 aliphatic heterocycles. The largest absolute Gasteiger partial charge is 0.338 e. The highest BCUT2D eigenvalue weighted by molar-refractivity contribution is 14.1. The van der Waals surface area contributed by atoms with Crippen LogP contribution in [0.2, 0.25) is 0 Å². The van der Waals surface area contributed by atoms with Gasteiger partial charge in [0.25, 0.3) is 0 Å². The van der Waals surface area contributed by atoms with Crippen molar-refractivity contribution in [3.05, 3.63) is 50.0 Å². The van der Waals surface area contributed by atoms with Crippen LogP contribution in [0.1, 0.15) is 16.2 Å². The zero-order chi connectivity index (χ0) is 12.4. The predicted molar refractivity (Wildman–Crippen MR) is 78.1 cm³/mol. The highest BCUT2D eigenvalue weighted by Crippen LogP contribution is 2.21. The minimum absolute atomic E-state index is 0.0738. The van der Waals surface area contributed by atoms with Crippen molar-refractivity contribution < 1.29 is 4.79 Å². The SMILES string of the molecule is Cn1ccnc1CC(=O)c1cc(I)ccc1Br. The van der Waals surface area contributed by atoms with Gasteiger partial charge in [0, 0.05) is 33.0 Å². The van der Waals surface area contributed by atoms with Crippen LogP contribution < -0.4 is 0 Å². The summed E-state index contributed by atoms with van der Waals surface area (Å²) < 4.78 is 3.74. The molecular weight excluding hydrogens is 395 g/mol. The lowest BCUT2D eigenvalue weighted by Gasteiger charge is -2.05. The maximum atomic E-state index is 12.2. The molecule has 1 heterocycles. The molecular formula is C12H10BrIN2O. The molecule has 0 fully saturated rings. The van der Waals surface area contributed by atoms with Gasteiger partial charge in [-0.15, -0.1) is 0 Å². The first kappa shape index (κ1) is 12.8. The molecule has 1 aromatic carbocycles. The number of aromatic nitrogens is 2. The highest BCUT2D eigenvalue weighted by Gasteiger charge is 2.13. The average Bonchev–Trinajstić information content (AvgIpc) is 2.68. The van der Waals surface area contributed by atoms with Gasteiger partial charge >= 0.3 is 0 Å². The minimum atomic E-state index is 0.0738. The summed E-state index contributed by atoms with van der Waals surface area (Å²) in [7, 11) is 1.89. The number of carbonyl (C=O) groups excluding carboxylic acids is 1. The number of hydrogen-bond acceptors (Lipinski definition) is 2. The number of ketones is 1. The Morgan fingerprint density at radius 2 is 2.29 bits per heavy atom. The van der Waals surface area contributed by atoms with Gasteiger partial charge in [0.1, 0.15) is 5.82 Å². The Labute approximate surface area is 122 Å². The summed E-state index contributed by atoms with van der Waals surface area (Å²) in [6.07, 6.45) is 3.86. The molecule has 0 spiro atoms. The van der Waals surface area contributed by atoms with Gasteiger partial charge in [-0.05, 0) is 40.8 Å². The van der Waals surface area contributed by atoms with Gasteiger partial charge in [-0.25, -0.2) is 4.98 Å². The Bertz CT molecular complexity index is 565. The molecule has 5 heteroatoms. The summed E-state index contributed by atoms with van der Waals surface area (Å²) in [6, 6.07) is 5.74. The van der Waals surface area contributed by atoms with Gasteiger partial charge in [0.05, 0.1) is 6.42 Å². The summed E-state index contributed by atoms with van der Waals surface area (Å²) in [5, 5.41) is 0. The fraction of sp³-hybridized carbons (Fsp3) is 0.167. The fourth-order valence-corrected chi connectivity index (χ4v) is 2.48. The standard InChI is InChI=1S/C12H10BrIN2O/c1-16-5-4-15-12(16)7-11(17)9-6-8(14)2-3-10(9)13/h2-6H,7H2,1H3. The van der Waals surface area contributed by atoms with E-state index in [9.17, 15) is 4.79 Å². The van der Waals surface area contributed by atoms with Crippen molar-refractivity contribution in [2.75, 3.05) is 0 Å². The Morgan fingerprint density at radius 3 is 2.94 bits per heavy atom. The molecule has 0 aliphatic rings. The van der Waals surface area contributed by atoms with Gasteiger partial charge < -0.3 is 4.57 Å². The van der Waals surface area contributed by atoms with E-state index in [1.54, 1.807) is 6.20 Å². The van der Waals surface area contributed by atoms with E-state index in [0.29, 0.717) is 12.0 Å². The first-order valence-electron chi connectivity index (χ1n) is 5.02. The third-order valence-electron chi connectivity index (χ3n) is 2.47. The van der Waals surface area contributed by atoms with Crippen LogP contribution in [0.5, 0.6) is 0 Å². The molecule has 0 atom stereocenters. The summed E-state index contributed by atoms with van der Waals surface area (Å²) in [5.41, 5.74) is 0.708. The topological polar surface area (TPSA) is 34.9 Å². The van der Waals surface area contributed by atoms with Crippen LogP contribution in [0.3, 0.4) is 0 Å². The summed E-state index contributed by atoms with van der Waals surface area (Å²) in [6.45, 7) is 0. The predicted octanol–water partition coefficient (Wildman–Crippen LogP) is 3.21. The van der Waals surface area contributed by atoms with Gasteiger partial charge in [0.2, 0.25) is 0 Å². The van der Waals surface area contributed by atoms with Crippen LogP contribution in [0.25, 0.3) is 0 Å². The van der Waals surface area contributed by atoms with Crippen molar-refractivity contribution in [1.29, 1.82) is 0 Å². The van der Waals surface area contributed by atoms with Gasteiger partial charge in [-0.3, -0.25) is 4.79 Å². The zero-order valence-corrected chi connectivity index (χ0v) is 12.9. The second kappa shape index (κ2) is 5.30. The van der Waals surface area contributed by atoms with Crippen LogP contribution in [0.4, 0.5) is 0 Å². The number of carbonyl (C=O) groups is 1. The molecule has 17 heavy (non-hydrogen) atoms. The van der Waals surface area contributed by atoms with Gasteiger partial charge in [0.15, 0.2) is 5.78 Å². The molecule has 0 radical (unpaired) electrons. The molecule has 0 amide bonds. The van der Waals surface area contributed by atoms with E-state index in [1.807, 2.05) is 36.0 Å². The molecule has 88 valence electrons. The molecule has 0 unspecified atom stereocenters. The lowest BCUT2D eigenvalue weighted by Crippen LogP contribution is -2.09. The molecule has 3 nitrogen and oxygen atoms in total. The molecule has 2 rings (SSSR count). The lowest BCUT2D eigenvalue weighted by atomic mass is 10.1. The molecule has 0 bridgehead atoms. The zero-order valence-electron chi connectivity index (χ0n) is 9.15. The number of hydrogen-bond donors (Lipinski definition) is 0. The second-order valence-electron chi connectivity index (χ2n) is 3.68. The maximum Gasteiger partial charge on any atom is 0.171 e. The molecule has 0 saturated carbocycles. The monoisotopic (exact) mass is 404 g/mol. The van der Waals surface area contributed by atoms with E-state index in [1.165, 1.54) is 0 Å². The van der Waals surface area contributed by atoms with Crippen molar-refractivity contribution >= 4 is 44.3 Å². The van der Waals surface area contributed by atoms with E-state index in [2.05, 4.69) is 43.5 Å². The van der Waals surface area contributed by atoms with Crippen LogP contribution in [-0.2, 0) is 13.5 Å². The normalized spacial score (nSPS) is 10.5. The van der Waals surface area contributed by atoms with Crippen molar-refractivity contribution in [1.82, 2.24) is 9.55 Å². The number of imidazole rings is 1. The van der Waals surface area contributed by atoms with Crippen molar-refractivity contribution in [2.24, 2.45) is 7.05 Å². The molecule has 1 aromatic heterocycles. The molecule has 0 aliphatic carbocycles. The maximum absolute atomic E-state index is 12.2. The molecule has 2 aromatic rings. The van der Waals surface area contributed by atoms with E-state index >= 15 is 0 Å². The van der Waals surface area contributed by atoms with E-state index in [0.717, 1.165) is 13.9 Å². The average molecular weight is 405 g/mol. The Hall–Kier alpha value is -0.690. The Kier molecular flexibility index (Phi) is 3.98. The van der Waals surface area contributed by atoms with E-state index < -0.39 is 0 Å². The summed E-state index contributed by atoms with van der Waals surface area (Å²) >= 11 is 5.60. The van der Waals surface area contributed by atoms with Crippen molar-refractivity contribution in [3.63, 3.8) is 0 Å².